The quantitative estimate of drug-likeness (QED) is 0.452. The SMILES string of the molecule is CC(C)S(=O)(=O)N1CCC(C2CNc3c(C(N)=O)cc(-c4csc(CN(C)CC(N)=O)c4)cc32)CC1. The number of likely N-dealkylation sites (N-methyl/N-ethyl adjacent to an activating group) is 1. The van der Waals surface area contributed by atoms with Gasteiger partial charge in [-0.2, -0.15) is 0 Å². The lowest BCUT2D eigenvalue weighted by atomic mass is 9.80. The van der Waals surface area contributed by atoms with Crippen LogP contribution in [0.5, 0.6) is 0 Å². The molecule has 1 aromatic carbocycles. The first-order valence-corrected chi connectivity index (χ1v) is 14.6. The van der Waals surface area contributed by atoms with Crippen LogP contribution in [0.25, 0.3) is 11.1 Å². The Kier molecular flexibility index (Phi) is 7.75. The molecule has 1 unspecified atom stereocenters. The largest absolute Gasteiger partial charge is 0.384 e. The Labute approximate surface area is 216 Å². The number of amides is 2. The minimum atomic E-state index is -3.25. The summed E-state index contributed by atoms with van der Waals surface area (Å²) < 4.78 is 26.8. The van der Waals surface area contributed by atoms with Gasteiger partial charge in [-0.3, -0.25) is 14.5 Å². The molecule has 5 N–H and O–H groups in total. The third kappa shape index (κ3) is 5.44. The van der Waals surface area contributed by atoms with E-state index in [-0.39, 0.29) is 18.4 Å². The number of anilines is 1. The van der Waals surface area contributed by atoms with E-state index in [1.807, 2.05) is 23.4 Å². The van der Waals surface area contributed by atoms with Crippen molar-refractivity contribution in [2.75, 3.05) is 38.5 Å². The second-order valence-corrected chi connectivity index (χ2v) is 13.6. The van der Waals surface area contributed by atoms with Crippen LogP contribution in [0.15, 0.2) is 23.6 Å². The van der Waals surface area contributed by atoms with Gasteiger partial charge >= 0.3 is 0 Å². The highest BCUT2D eigenvalue weighted by molar-refractivity contribution is 7.89. The molecule has 1 saturated heterocycles. The Hall–Kier alpha value is -2.47. The van der Waals surface area contributed by atoms with E-state index in [9.17, 15) is 18.0 Å². The molecule has 1 fully saturated rings. The number of primary amides is 2. The third-order valence-corrected chi connectivity index (χ3v) is 10.4. The molecule has 0 spiro atoms. The summed E-state index contributed by atoms with van der Waals surface area (Å²) in [4.78, 5) is 26.5. The Bertz CT molecular complexity index is 1250. The van der Waals surface area contributed by atoms with Crippen LogP contribution in [0.4, 0.5) is 5.69 Å². The lowest BCUT2D eigenvalue weighted by Gasteiger charge is -2.35. The third-order valence-electron chi connectivity index (χ3n) is 7.19. The molecule has 4 rings (SSSR count). The molecule has 0 radical (unpaired) electrons. The van der Waals surface area contributed by atoms with Crippen LogP contribution < -0.4 is 16.8 Å². The molecule has 0 aliphatic carbocycles. The van der Waals surface area contributed by atoms with Gasteiger partial charge in [0.25, 0.3) is 5.91 Å². The van der Waals surface area contributed by atoms with Crippen molar-refractivity contribution in [3.05, 3.63) is 39.6 Å². The zero-order valence-electron chi connectivity index (χ0n) is 21.0. The van der Waals surface area contributed by atoms with Crippen LogP contribution in [-0.4, -0.2) is 67.9 Å². The van der Waals surface area contributed by atoms with Gasteiger partial charge in [-0.15, -0.1) is 11.3 Å². The predicted molar refractivity (Wildman–Crippen MR) is 143 cm³/mol. The molecule has 2 aliphatic heterocycles. The number of nitrogens with zero attached hydrogens (tertiary/aromatic N) is 2. The minimum Gasteiger partial charge on any atom is -0.384 e. The van der Waals surface area contributed by atoms with Crippen molar-refractivity contribution < 1.29 is 18.0 Å². The normalized spacial score (nSPS) is 19.0. The number of nitrogens with one attached hydrogen (secondary N) is 1. The molecule has 2 aliphatic rings. The highest BCUT2D eigenvalue weighted by Crippen LogP contribution is 2.44. The topological polar surface area (TPSA) is 139 Å². The molecule has 0 saturated carbocycles. The van der Waals surface area contributed by atoms with E-state index in [1.165, 1.54) is 0 Å². The standard InChI is InChI=1S/C25H35N5O4S2/c1-15(2)36(33,34)30-6-4-16(5-7-30)22-11-28-24-20(22)9-17(10-21(24)25(27)32)18-8-19(35-14-18)12-29(3)13-23(26)31/h8-10,14-16,22,28H,4-7,11-13H2,1-3H3,(H2,26,31)(H2,27,32). The minimum absolute atomic E-state index is 0.182. The average Bonchev–Trinajstić information content (AvgIpc) is 3.44. The average molecular weight is 534 g/mol. The van der Waals surface area contributed by atoms with Crippen molar-refractivity contribution in [2.24, 2.45) is 17.4 Å². The van der Waals surface area contributed by atoms with Gasteiger partial charge in [0.15, 0.2) is 0 Å². The maximum Gasteiger partial charge on any atom is 0.250 e. The highest BCUT2D eigenvalue weighted by Gasteiger charge is 2.37. The predicted octanol–water partition coefficient (Wildman–Crippen LogP) is 2.39. The maximum absolute atomic E-state index is 12.6. The number of fused-ring (bicyclic) bond motifs is 1. The molecule has 2 aromatic rings. The monoisotopic (exact) mass is 533 g/mol. The summed E-state index contributed by atoms with van der Waals surface area (Å²) in [5.74, 6) is -0.350. The number of hydrogen-bond donors (Lipinski definition) is 3. The molecule has 2 amide bonds. The maximum atomic E-state index is 12.6. The summed E-state index contributed by atoms with van der Waals surface area (Å²) in [7, 11) is -1.41. The molecular formula is C25H35N5O4S2. The molecule has 1 aromatic heterocycles. The number of sulfonamides is 1. The van der Waals surface area contributed by atoms with Crippen molar-refractivity contribution in [3.63, 3.8) is 0 Å². The van der Waals surface area contributed by atoms with E-state index < -0.39 is 21.2 Å². The van der Waals surface area contributed by atoms with E-state index in [1.54, 1.807) is 29.5 Å². The van der Waals surface area contributed by atoms with Crippen molar-refractivity contribution in [2.45, 2.75) is 44.4 Å². The molecular weight excluding hydrogens is 498 g/mol. The number of carbonyl (C=O) groups excluding carboxylic acids is 2. The van der Waals surface area contributed by atoms with Crippen LogP contribution in [0.1, 0.15) is 53.4 Å². The Morgan fingerprint density at radius 3 is 2.47 bits per heavy atom. The lowest BCUT2D eigenvalue weighted by Crippen LogP contribution is -2.42. The molecule has 0 bridgehead atoms. The fraction of sp³-hybridized carbons (Fsp3) is 0.520. The summed E-state index contributed by atoms with van der Waals surface area (Å²) >= 11 is 1.59. The van der Waals surface area contributed by atoms with Crippen LogP contribution in [0.3, 0.4) is 0 Å². The van der Waals surface area contributed by atoms with E-state index in [0.717, 1.165) is 40.1 Å². The highest BCUT2D eigenvalue weighted by atomic mass is 32.2. The van der Waals surface area contributed by atoms with Crippen molar-refractivity contribution >= 4 is 38.9 Å². The molecule has 196 valence electrons. The van der Waals surface area contributed by atoms with Gasteiger partial charge in [0, 0.05) is 37.0 Å². The molecule has 36 heavy (non-hydrogen) atoms. The van der Waals surface area contributed by atoms with Crippen molar-refractivity contribution in [3.8, 4) is 11.1 Å². The number of nitrogens with two attached hydrogens (primary N) is 2. The van der Waals surface area contributed by atoms with Gasteiger partial charge in [-0.25, -0.2) is 12.7 Å². The van der Waals surface area contributed by atoms with Gasteiger partial charge in [-0.05, 0) is 79.9 Å². The first-order chi connectivity index (χ1) is 17.0. The summed E-state index contributed by atoms with van der Waals surface area (Å²) in [6.45, 7) is 5.96. The van der Waals surface area contributed by atoms with Gasteiger partial charge in [0.05, 0.1) is 23.0 Å². The van der Waals surface area contributed by atoms with E-state index in [4.69, 9.17) is 11.5 Å². The van der Waals surface area contributed by atoms with Crippen LogP contribution in [0, 0.1) is 5.92 Å². The van der Waals surface area contributed by atoms with E-state index in [0.29, 0.717) is 37.7 Å². The summed E-state index contributed by atoms with van der Waals surface area (Å²) in [5.41, 5.74) is 15.3. The van der Waals surface area contributed by atoms with Crippen LogP contribution in [-0.2, 0) is 21.4 Å². The van der Waals surface area contributed by atoms with Crippen LogP contribution >= 0.6 is 11.3 Å². The zero-order chi connectivity index (χ0) is 26.2. The molecule has 9 nitrogen and oxygen atoms in total. The lowest BCUT2D eigenvalue weighted by molar-refractivity contribution is -0.118. The smallest absolute Gasteiger partial charge is 0.250 e. The number of benzene rings is 1. The molecule has 3 heterocycles. The van der Waals surface area contributed by atoms with Gasteiger partial charge in [-0.1, -0.05) is 0 Å². The fourth-order valence-electron chi connectivity index (χ4n) is 5.29. The number of hydrogen-bond acceptors (Lipinski definition) is 7. The number of thiophene rings is 1. The fourth-order valence-corrected chi connectivity index (χ4v) is 7.58. The number of rotatable bonds is 9. The zero-order valence-corrected chi connectivity index (χ0v) is 22.6. The van der Waals surface area contributed by atoms with Gasteiger partial charge in [0.2, 0.25) is 15.9 Å². The summed E-state index contributed by atoms with van der Waals surface area (Å²) in [6, 6.07) is 6.05. The Morgan fingerprint density at radius 1 is 1.17 bits per heavy atom. The molecule has 1 atom stereocenters. The summed E-state index contributed by atoms with van der Waals surface area (Å²) in [5, 5.41) is 5.03. The van der Waals surface area contributed by atoms with Crippen molar-refractivity contribution in [1.29, 1.82) is 0 Å². The number of carbonyl (C=O) groups is 2. The number of piperidine rings is 1. The van der Waals surface area contributed by atoms with Gasteiger partial charge in [0.1, 0.15) is 0 Å². The first-order valence-electron chi connectivity index (χ1n) is 12.2. The summed E-state index contributed by atoms with van der Waals surface area (Å²) in [6.07, 6.45) is 1.56. The van der Waals surface area contributed by atoms with E-state index in [2.05, 4.69) is 17.4 Å². The second-order valence-electron chi connectivity index (χ2n) is 10.1. The van der Waals surface area contributed by atoms with Gasteiger partial charge < -0.3 is 16.8 Å². The first kappa shape index (κ1) is 26.6. The van der Waals surface area contributed by atoms with E-state index >= 15 is 0 Å². The Balaban J connectivity index is 1.58. The Morgan fingerprint density at radius 2 is 1.86 bits per heavy atom. The second kappa shape index (κ2) is 10.5. The molecule has 11 heteroatoms. The van der Waals surface area contributed by atoms with Crippen molar-refractivity contribution in [1.82, 2.24) is 9.21 Å². The van der Waals surface area contributed by atoms with Crippen LogP contribution in [0.2, 0.25) is 0 Å².